The first kappa shape index (κ1) is 17.3. The fraction of sp³-hybridized carbons (Fsp3) is 0.875. The Hall–Kier alpha value is -0.670. The van der Waals surface area contributed by atoms with Crippen LogP contribution in [0, 0.1) is 0 Å². The molecule has 0 aliphatic heterocycles. The Balaban J connectivity index is 4.83. The number of hydrogen-bond donors (Lipinski definition) is 6. The molecule has 0 saturated heterocycles. The maximum atomic E-state index is 10.8. The van der Waals surface area contributed by atoms with Gasteiger partial charge in [0.25, 0.3) is 0 Å². The number of rotatable bonds is 8. The minimum absolute atomic E-state index is 0.557. The van der Waals surface area contributed by atoms with Gasteiger partial charge in [-0.2, -0.15) is 0 Å². The van der Waals surface area contributed by atoms with Gasteiger partial charge in [-0.15, -0.1) is 9.42 Å². The largest absolute Gasteiger partial charge is 0.695 e. The van der Waals surface area contributed by atoms with E-state index in [0.29, 0.717) is 0 Å². The van der Waals surface area contributed by atoms with E-state index in [9.17, 15) is 19.6 Å². The van der Waals surface area contributed by atoms with E-state index in [2.05, 4.69) is 9.84 Å². The van der Waals surface area contributed by atoms with Crippen molar-refractivity contribution in [3.05, 3.63) is 0 Å². The van der Waals surface area contributed by atoms with Crippen molar-refractivity contribution in [1.29, 1.82) is 0 Å². The van der Waals surface area contributed by atoms with Gasteiger partial charge in [-0.25, -0.2) is 0 Å². The average Bonchev–Trinajstić information content (AvgIpc) is 2.30. The van der Waals surface area contributed by atoms with Crippen molar-refractivity contribution in [1.82, 2.24) is 5.32 Å². The predicted molar refractivity (Wildman–Crippen MR) is 58.5 cm³/mol. The molecule has 6 N–H and O–H groups in total. The Morgan fingerprint density at radius 2 is 1.89 bits per heavy atom. The summed E-state index contributed by atoms with van der Waals surface area (Å²) in [6, 6.07) is -1.20. The third-order valence-electron chi connectivity index (χ3n) is 2.11. The summed E-state index contributed by atoms with van der Waals surface area (Å²) < 4.78 is 14.9. The lowest BCUT2D eigenvalue weighted by Gasteiger charge is -2.27. The SMILES string of the molecule is CC(=O)NC(CO)C(O)C(O[P+](=O)O)C(O)CO. The lowest BCUT2D eigenvalue weighted by atomic mass is 10.0. The van der Waals surface area contributed by atoms with Crippen LogP contribution in [0.3, 0.4) is 0 Å². The van der Waals surface area contributed by atoms with Crippen molar-refractivity contribution < 1.29 is 39.2 Å². The molecule has 0 spiro atoms. The summed E-state index contributed by atoms with van der Waals surface area (Å²) in [4.78, 5) is 19.4. The number of carbonyl (C=O) groups excluding carboxylic acids is 1. The molecule has 0 aliphatic rings. The van der Waals surface area contributed by atoms with E-state index in [1.54, 1.807) is 0 Å². The van der Waals surface area contributed by atoms with Crippen LogP contribution in [-0.4, -0.2) is 68.8 Å². The van der Waals surface area contributed by atoms with Crippen molar-refractivity contribution in [3.63, 3.8) is 0 Å². The van der Waals surface area contributed by atoms with Crippen LogP contribution in [0.2, 0.25) is 0 Å². The first-order valence-electron chi connectivity index (χ1n) is 5.01. The van der Waals surface area contributed by atoms with Crippen LogP contribution in [0.4, 0.5) is 0 Å². The lowest BCUT2D eigenvalue weighted by Crippen LogP contribution is -2.54. The lowest BCUT2D eigenvalue weighted by molar-refractivity contribution is -0.123. The molecule has 0 rings (SSSR count). The molecule has 0 heterocycles. The summed E-state index contributed by atoms with van der Waals surface area (Å²) in [6.45, 7) is -0.371. The van der Waals surface area contributed by atoms with E-state index in [1.165, 1.54) is 0 Å². The number of nitrogens with one attached hydrogen (secondary N) is 1. The van der Waals surface area contributed by atoms with E-state index in [0.717, 1.165) is 6.92 Å². The fourth-order valence-electron chi connectivity index (χ4n) is 1.30. The highest BCUT2D eigenvalue weighted by Gasteiger charge is 2.39. The summed E-state index contributed by atoms with van der Waals surface area (Å²) in [5, 5.41) is 39.0. The van der Waals surface area contributed by atoms with Gasteiger partial charge in [-0.05, 0) is 0 Å². The monoisotopic (exact) mass is 286 g/mol. The van der Waals surface area contributed by atoms with Gasteiger partial charge < -0.3 is 25.7 Å². The zero-order valence-electron chi connectivity index (χ0n) is 9.63. The minimum Gasteiger partial charge on any atom is -0.394 e. The second-order valence-electron chi connectivity index (χ2n) is 3.54. The average molecular weight is 286 g/mol. The molecule has 0 aliphatic carbocycles. The topological polar surface area (TPSA) is 157 Å². The standard InChI is InChI=1S/C8H16NO8P/c1-4(12)9-5(2-10)7(14)8(6(13)3-11)17-18(15)16/h5-8,10-11,13-14H,2-3H2,1H3,(H-,9,12,15,16)/p+1. The van der Waals surface area contributed by atoms with Crippen LogP contribution in [0.5, 0.6) is 0 Å². The summed E-state index contributed by atoms with van der Waals surface area (Å²) in [5.74, 6) is -0.557. The van der Waals surface area contributed by atoms with Gasteiger partial charge in [0.1, 0.15) is 12.2 Å². The number of hydrogen-bond acceptors (Lipinski definition) is 7. The van der Waals surface area contributed by atoms with Crippen LogP contribution in [0.25, 0.3) is 0 Å². The summed E-state index contributed by atoms with van der Waals surface area (Å²) in [7, 11) is -3.14. The van der Waals surface area contributed by atoms with Crippen molar-refractivity contribution in [3.8, 4) is 0 Å². The smallest absolute Gasteiger partial charge is 0.394 e. The molecular weight excluding hydrogens is 269 g/mol. The molecule has 0 bridgehead atoms. The van der Waals surface area contributed by atoms with Gasteiger partial charge in [0, 0.05) is 11.5 Å². The van der Waals surface area contributed by atoms with Gasteiger partial charge in [-0.3, -0.25) is 4.79 Å². The number of carbonyl (C=O) groups is 1. The van der Waals surface area contributed by atoms with E-state index in [4.69, 9.17) is 15.1 Å². The third kappa shape index (κ3) is 5.78. The molecular formula is C8H17NO8P+. The third-order valence-corrected chi connectivity index (χ3v) is 2.54. The minimum atomic E-state index is -3.14. The molecule has 5 unspecified atom stereocenters. The zero-order chi connectivity index (χ0) is 14.3. The molecule has 10 heteroatoms. The molecule has 9 nitrogen and oxygen atoms in total. The summed E-state index contributed by atoms with van der Waals surface area (Å²) in [5.41, 5.74) is 0. The quantitative estimate of drug-likeness (QED) is 0.262. The van der Waals surface area contributed by atoms with E-state index >= 15 is 0 Å². The van der Waals surface area contributed by atoms with Gasteiger partial charge in [0.05, 0.1) is 19.3 Å². The van der Waals surface area contributed by atoms with E-state index in [1.807, 2.05) is 0 Å². The highest BCUT2D eigenvalue weighted by Crippen LogP contribution is 2.23. The number of aliphatic hydroxyl groups excluding tert-OH is 4. The van der Waals surface area contributed by atoms with Crippen LogP contribution < -0.4 is 5.32 Å². The Kier molecular flexibility index (Phi) is 8.12. The Bertz CT molecular complexity index is 288. The Labute approximate surface area is 104 Å². The van der Waals surface area contributed by atoms with Crippen molar-refractivity contribution in [2.75, 3.05) is 13.2 Å². The molecule has 18 heavy (non-hydrogen) atoms. The molecule has 0 aromatic rings. The number of aliphatic hydroxyl groups is 4. The zero-order valence-corrected chi connectivity index (χ0v) is 10.5. The molecule has 0 saturated carbocycles. The molecule has 5 atom stereocenters. The predicted octanol–water partition coefficient (Wildman–Crippen LogP) is -2.77. The highest BCUT2D eigenvalue weighted by atomic mass is 31.1. The first-order chi connectivity index (χ1) is 8.33. The van der Waals surface area contributed by atoms with Gasteiger partial charge in [0.15, 0.2) is 6.10 Å². The first-order valence-corrected chi connectivity index (χ1v) is 6.14. The summed E-state index contributed by atoms with van der Waals surface area (Å²) in [6.07, 6.45) is -4.95. The second kappa shape index (κ2) is 8.44. The Morgan fingerprint density at radius 1 is 1.33 bits per heavy atom. The van der Waals surface area contributed by atoms with Crippen LogP contribution in [-0.2, 0) is 13.9 Å². The fourth-order valence-corrected chi connectivity index (χ4v) is 1.77. The molecule has 106 valence electrons. The van der Waals surface area contributed by atoms with Crippen LogP contribution in [0.15, 0.2) is 0 Å². The molecule has 0 aromatic heterocycles. The molecule has 0 fully saturated rings. The van der Waals surface area contributed by atoms with Crippen molar-refractivity contribution in [2.24, 2.45) is 0 Å². The van der Waals surface area contributed by atoms with Crippen molar-refractivity contribution >= 4 is 14.2 Å². The second-order valence-corrected chi connectivity index (χ2v) is 4.22. The molecule has 0 radical (unpaired) electrons. The van der Waals surface area contributed by atoms with E-state index in [-0.39, 0.29) is 0 Å². The van der Waals surface area contributed by atoms with Gasteiger partial charge in [-0.1, -0.05) is 0 Å². The normalized spacial score (nSPS) is 18.7. The van der Waals surface area contributed by atoms with E-state index < -0.39 is 51.7 Å². The molecule has 0 aromatic carbocycles. The van der Waals surface area contributed by atoms with Gasteiger partial charge >= 0.3 is 8.25 Å². The highest BCUT2D eigenvalue weighted by molar-refractivity contribution is 7.32. The van der Waals surface area contributed by atoms with Crippen LogP contribution >= 0.6 is 8.25 Å². The van der Waals surface area contributed by atoms with Gasteiger partial charge in [0.2, 0.25) is 5.91 Å². The molecule has 1 amide bonds. The Morgan fingerprint density at radius 3 is 2.22 bits per heavy atom. The number of amides is 1. The van der Waals surface area contributed by atoms with Crippen molar-refractivity contribution in [2.45, 2.75) is 31.3 Å². The summed E-state index contributed by atoms with van der Waals surface area (Å²) >= 11 is 0. The maximum Gasteiger partial charge on any atom is 0.695 e. The maximum absolute atomic E-state index is 10.8. The van der Waals surface area contributed by atoms with Crippen LogP contribution in [0.1, 0.15) is 6.92 Å².